The van der Waals surface area contributed by atoms with Crippen LogP contribution in [0, 0.1) is 0 Å². The van der Waals surface area contributed by atoms with Gasteiger partial charge in [-0.1, -0.05) is 12.1 Å². The number of methoxy groups -OCH3 is 2. The zero-order valence-corrected chi connectivity index (χ0v) is 12.1. The molecule has 0 N–H and O–H groups in total. The molecule has 0 aliphatic heterocycles. The third kappa shape index (κ3) is 3.30. The van der Waals surface area contributed by atoms with Gasteiger partial charge in [0, 0.05) is 28.5 Å². The van der Waals surface area contributed by atoms with Crippen LogP contribution in [0.2, 0.25) is 0 Å². The van der Waals surface area contributed by atoms with Crippen LogP contribution >= 0.6 is 11.8 Å². The lowest BCUT2D eigenvalue weighted by Crippen LogP contribution is -1.97. The van der Waals surface area contributed by atoms with Crippen LogP contribution in [0.15, 0.2) is 41.4 Å². The van der Waals surface area contributed by atoms with Crippen LogP contribution in [0.1, 0.15) is 16.1 Å². The summed E-state index contributed by atoms with van der Waals surface area (Å²) in [5.41, 5.74) is 1.48. The monoisotopic (exact) mass is 289 g/mol. The van der Waals surface area contributed by atoms with E-state index in [1.807, 2.05) is 18.2 Å². The summed E-state index contributed by atoms with van der Waals surface area (Å²) in [5.74, 6) is 1.96. The van der Waals surface area contributed by atoms with Crippen LogP contribution in [-0.2, 0) is 5.75 Å². The molecule has 0 aliphatic carbocycles. The molecule has 0 spiro atoms. The molecule has 0 aliphatic rings. The first-order valence-electron chi connectivity index (χ1n) is 6.02. The molecular formula is C15H15NO3S. The highest BCUT2D eigenvalue weighted by molar-refractivity contribution is 7.98. The summed E-state index contributed by atoms with van der Waals surface area (Å²) in [6.45, 7) is 0. The van der Waals surface area contributed by atoms with Gasteiger partial charge in [0.2, 0.25) is 0 Å². The van der Waals surface area contributed by atoms with Crippen molar-refractivity contribution in [3.05, 3.63) is 47.8 Å². The summed E-state index contributed by atoms with van der Waals surface area (Å²) in [6, 6.07) is 9.22. The Bertz CT molecular complexity index is 601. The van der Waals surface area contributed by atoms with E-state index in [0.717, 1.165) is 16.9 Å². The summed E-state index contributed by atoms with van der Waals surface area (Å²) in [7, 11) is 3.20. The second kappa shape index (κ2) is 6.96. The minimum Gasteiger partial charge on any atom is -0.493 e. The Balaban J connectivity index is 2.16. The van der Waals surface area contributed by atoms with E-state index in [0.29, 0.717) is 22.8 Å². The molecule has 104 valence electrons. The van der Waals surface area contributed by atoms with Gasteiger partial charge in [-0.3, -0.25) is 9.78 Å². The minimum absolute atomic E-state index is 0.642. The van der Waals surface area contributed by atoms with Gasteiger partial charge in [-0.2, -0.15) is 0 Å². The van der Waals surface area contributed by atoms with E-state index >= 15 is 0 Å². The van der Waals surface area contributed by atoms with Crippen LogP contribution < -0.4 is 9.47 Å². The Hall–Kier alpha value is -2.01. The van der Waals surface area contributed by atoms with Gasteiger partial charge in [-0.15, -0.1) is 11.8 Å². The molecule has 2 rings (SSSR count). The number of rotatable bonds is 6. The van der Waals surface area contributed by atoms with Crippen LogP contribution in [-0.4, -0.2) is 25.5 Å². The van der Waals surface area contributed by atoms with E-state index in [1.54, 1.807) is 44.3 Å². The van der Waals surface area contributed by atoms with Crippen LogP contribution in [0.25, 0.3) is 0 Å². The Labute approximate surface area is 122 Å². The lowest BCUT2D eigenvalue weighted by atomic mass is 10.2. The number of ether oxygens (including phenoxy) is 2. The number of aromatic nitrogens is 1. The van der Waals surface area contributed by atoms with Gasteiger partial charge in [-0.05, 0) is 12.1 Å². The number of pyridine rings is 1. The van der Waals surface area contributed by atoms with Crippen LogP contribution in [0.5, 0.6) is 11.5 Å². The smallest absolute Gasteiger partial charge is 0.183 e. The first-order chi connectivity index (χ1) is 9.78. The molecule has 0 saturated carbocycles. The predicted molar refractivity (Wildman–Crippen MR) is 78.7 cm³/mol. The average Bonchev–Trinajstić information content (AvgIpc) is 2.52. The van der Waals surface area contributed by atoms with Crippen molar-refractivity contribution >= 4 is 18.0 Å². The van der Waals surface area contributed by atoms with Gasteiger partial charge in [-0.25, -0.2) is 0 Å². The summed E-state index contributed by atoms with van der Waals surface area (Å²) >= 11 is 1.59. The van der Waals surface area contributed by atoms with E-state index in [4.69, 9.17) is 9.47 Å². The molecular weight excluding hydrogens is 274 g/mol. The second-order valence-electron chi connectivity index (χ2n) is 3.97. The van der Waals surface area contributed by atoms with Gasteiger partial charge >= 0.3 is 0 Å². The first kappa shape index (κ1) is 14.4. The number of aldehydes is 1. The molecule has 0 radical (unpaired) electrons. The number of hydrogen-bond acceptors (Lipinski definition) is 5. The van der Waals surface area contributed by atoms with Crippen LogP contribution in [0.3, 0.4) is 0 Å². The van der Waals surface area contributed by atoms with E-state index in [9.17, 15) is 4.79 Å². The van der Waals surface area contributed by atoms with Crippen molar-refractivity contribution in [1.82, 2.24) is 4.98 Å². The minimum atomic E-state index is 0.642. The van der Waals surface area contributed by atoms with E-state index < -0.39 is 0 Å². The number of carbonyl (C=O) groups excluding carboxylic acids is 1. The summed E-state index contributed by atoms with van der Waals surface area (Å²) in [6.07, 6.45) is 2.54. The molecule has 20 heavy (non-hydrogen) atoms. The Morgan fingerprint density at radius 3 is 2.80 bits per heavy atom. The fourth-order valence-electron chi connectivity index (χ4n) is 1.78. The zero-order valence-electron chi connectivity index (χ0n) is 11.3. The number of hydrogen-bond donors (Lipinski definition) is 0. The normalized spacial score (nSPS) is 10.1. The lowest BCUT2D eigenvalue weighted by molar-refractivity contribution is 0.112. The Kier molecular flexibility index (Phi) is 5.01. The van der Waals surface area contributed by atoms with Gasteiger partial charge in [0.1, 0.15) is 6.29 Å². The highest BCUT2D eigenvalue weighted by Gasteiger charge is 2.11. The third-order valence-electron chi connectivity index (χ3n) is 2.74. The SMILES string of the molecule is COc1ccnc(CSc2cccc(C=O)c2)c1OC. The number of thioether (sulfide) groups is 1. The lowest BCUT2D eigenvalue weighted by Gasteiger charge is -2.11. The molecule has 0 unspecified atom stereocenters. The molecule has 1 heterocycles. The van der Waals surface area contributed by atoms with Crippen molar-refractivity contribution in [2.45, 2.75) is 10.6 Å². The molecule has 4 nitrogen and oxygen atoms in total. The van der Waals surface area contributed by atoms with Crippen molar-refractivity contribution < 1.29 is 14.3 Å². The molecule has 0 bridgehead atoms. The summed E-state index contributed by atoms with van der Waals surface area (Å²) in [5, 5.41) is 0. The van der Waals surface area contributed by atoms with E-state index in [1.165, 1.54) is 0 Å². The Morgan fingerprint density at radius 2 is 2.10 bits per heavy atom. The van der Waals surface area contributed by atoms with Crippen molar-refractivity contribution in [2.24, 2.45) is 0 Å². The fraction of sp³-hybridized carbons (Fsp3) is 0.200. The molecule has 1 aromatic carbocycles. The van der Waals surface area contributed by atoms with Crippen molar-refractivity contribution in [2.75, 3.05) is 14.2 Å². The van der Waals surface area contributed by atoms with Crippen molar-refractivity contribution in [3.63, 3.8) is 0 Å². The molecule has 0 amide bonds. The van der Waals surface area contributed by atoms with Crippen molar-refractivity contribution in [1.29, 1.82) is 0 Å². The van der Waals surface area contributed by atoms with E-state index in [2.05, 4.69) is 4.98 Å². The Morgan fingerprint density at radius 1 is 1.25 bits per heavy atom. The molecule has 1 aromatic heterocycles. The quantitative estimate of drug-likeness (QED) is 0.603. The standard InChI is InChI=1S/C15H15NO3S/c1-18-14-6-7-16-13(15(14)19-2)10-20-12-5-3-4-11(8-12)9-17/h3-9H,10H2,1-2H3. The molecule has 0 saturated heterocycles. The predicted octanol–water partition coefficient (Wildman–Crippen LogP) is 3.20. The maximum absolute atomic E-state index is 10.8. The maximum Gasteiger partial charge on any atom is 0.183 e. The zero-order chi connectivity index (χ0) is 14.4. The van der Waals surface area contributed by atoms with Gasteiger partial charge in [0.25, 0.3) is 0 Å². The van der Waals surface area contributed by atoms with Gasteiger partial charge < -0.3 is 9.47 Å². The van der Waals surface area contributed by atoms with Gasteiger partial charge in [0.15, 0.2) is 11.5 Å². The number of carbonyl (C=O) groups is 1. The third-order valence-corrected chi connectivity index (χ3v) is 3.74. The van der Waals surface area contributed by atoms with Crippen LogP contribution in [0.4, 0.5) is 0 Å². The largest absolute Gasteiger partial charge is 0.493 e. The average molecular weight is 289 g/mol. The number of nitrogens with zero attached hydrogens (tertiary/aromatic N) is 1. The molecule has 0 atom stereocenters. The second-order valence-corrected chi connectivity index (χ2v) is 5.02. The molecule has 2 aromatic rings. The summed E-state index contributed by atoms with van der Waals surface area (Å²) < 4.78 is 10.6. The van der Waals surface area contributed by atoms with Gasteiger partial charge in [0.05, 0.1) is 19.9 Å². The fourth-order valence-corrected chi connectivity index (χ4v) is 2.69. The first-order valence-corrected chi connectivity index (χ1v) is 7.01. The highest BCUT2D eigenvalue weighted by atomic mass is 32.2. The topological polar surface area (TPSA) is 48.4 Å². The molecule has 0 fully saturated rings. The summed E-state index contributed by atoms with van der Waals surface area (Å²) in [4.78, 5) is 16.1. The van der Waals surface area contributed by atoms with E-state index in [-0.39, 0.29) is 0 Å². The number of benzene rings is 1. The molecule has 5 heteroatoms. The highest BCUT2D eigenvalue weighted by Crippen LogP contribution is 2.33. The van der Waals surface area contributed by atoms with Crippen molar-refractivity contribution in [3.8, 4) is 11.5 Å². The maximum atomic E-state index is 10.8.